The molecule has 0 aliphatic carbocycles. The van der Waals surface area contributed by atoms with Gasteiger partial charge in [0.25, 0.3) is 0 Å². The molecule has 1 aliphatic rings. The fraction of sp³-hybridized carbons (Fsp3) is 1.00. The Balaban J connectivity index is 2.16. The van der Waals surface area contributed by atoms with E-state index in [1.807, 2.05) is 0 Å². The van der Waals surface area contributed by atoms with Crippen LogP contribution in [0.25, 0.3) is 0 Å². The van der Waals surface area contributed by atoms with Gasteiger partial charge in [-0.2, -0.15) is 0 Å². The number of unbranched alkanes of at least 4 members (excludes halogenated alkanes) is 3. The van der Waals surface area contributed by atoms with Gasteiger partial charge in [0.2, 0.25) is 0 Å². The summed E-state index contributed by atoms with van der Waals surface area (Å²) in [4.78, 5) is 0. The molecule has 1 aliphatic heterocycles. The van der Waals surface area contributed by atoms with Crippen molar-refractivity contribution >= 4 is 0 Å². The van der Waals surface area contributed by atoms with Gasteiger partial charge in [-0.3, -0.25) is 0 Å². The number of nitrogens with one attached hydrogen (secondary N) is 1. The molecule has 0 aromatic heterocycles. The van der Waals surface area contributed by atoms with Crippen LogP contribution in [0.5, 0.6) is 0 Å². The Kier molecular flexibility index (Phi) is 8.72. The predicted molar refractivity (Wildman–Crippen MR) is 74.4 cm³/mol. The second-order valence-electron chi connectivity index (χ2n) is 5.40. The van der Waals surface area contributed by atoms with Gasteiger partial charge >= 0.3 is 0 Å². The molecule has 1 fully saturated rings. The molecular formula is C15H31NO. The predicted octanol–water partition coefficient (Wildman–Crippen LogP) is 3.75. The van der Waals surface area contributed by atoms with Gasteiger partial charge in [0.05, 0.1) is 0 Å². The van der Waals surface area contributed by atoms with E-state index in [1.54, 1.807) is 0 Å². The average molecular weight is 241 g/mol. The molecule has 1 atom stereocenters. The van der Waals surface area contributed by atoms with Crippen molar-refractivity contribution in [2.45, 2.75) is 71.3 Å². The highest BCUT2D eigenvalue weighted by Crippen LogP contribution is 2.22. The smallest absolute Gasteiger partial charge is 0.0468 e. The molecule has 17 heavy (non-hydrogen) atoms. The normalized spacial score (nSPS) is 19.4. The summed E-state index contributed by atoms with van der Waals surface area (Å²) < 4.78 is 5.43. The quantitative estimate of drug-likeness (QED) is 0.621. The Morgan fingerprint density at radius 2 is 1.88 bits per heavy atom. The van der Waals surface area contributed by atoms with E-state index in [4.69, 9.17) is 4.74 Å². The van der Waals surface area contributed by atoms with E-state index < -0.39 is 0 Å². The maximum Gasteiger partial charge on any atom is 0.0468 e. The summed E-state index contributed by atoms with van der Waals surface area (Å²) in [5.74, 6) is 0.902. The topological polar surface area (TPSA) is 21.3 Å². The highest BCUT2D eigenvalue weighted by Gasteiger charge is 2.18. The van der Waals surface area contributed by atoms with Crippen molar-refractivity contribution in [1.29, 1.82) is 0 Å². The van der Waals surface area contributed by atoms with Gasteiger partial charge in [-0.1, -0.05) is 39.5 Å². The van der Waals surface area contributed by atoms with Gasteiger partial charge in [-0.15, -0.1) is 0 Å². The van der Waals surface area contributed by atoms with Crippen LogP contribution in [0.4, 0.5) is 0 Å². The Hall–Kier alpha value is -0.0800. The van der Waals surface area contributed by atoms with Crippen LogP contribution in [0.15, 0.2) is 0 Å². The zero-order valence-corrected chi connectivity index (χ0v) is 11.8. The molecule has 0 bridgehead atoms. The zero-order valence-electron chi connectivity index (χ0n) is 11.8. The minimum atomic E-state index is 0.750. The van der Waals surface area contributed by atoms with Crippen LogP contribution >= 0.6 is 0 Å². The van der Waals surface area contributed by atoms with Crippen LogP contribution in [0, 0.1) is 5.92 Å². The molecular weight excluding hydrogens is 210 g/mol. The fourth-order valence-electron chi connectivity index (χ4n) is 2.79. The van der Waals surface area contributed by atoms with Crippen LogP contribution in [-0.2, 0) is 4.74 Å². The molecule has 0 aromatic rings. The summed E-state index contributed by atoms with van der Waals surface area (Å²) in [6.07, 6.45) is 10.8. The lowest BCUT2D eigenvalue weighted by molar-refractivity contribution is 0.0602. The first-order chi connectivity index (χ1) is 8.36. The zero-order chi connectivity index (χ0) is 12.3. The van der Waals surface area contributed by atoms with E-state index in [0.29, 0.717) is 0 Å². The lowest BCUT2D eigenvalue weighted by Crippen LogP contribution is -2.32. The minimum Gasteiger partial charge on any atom is -0.381 e. The third-order valence-electron chi connectivity index (χ3n) is 3.86. The van der Waals surface area contributed by atoms with E-state index in [1.165, 1.54) is 51.4 Å². The molecule has 0 aromatic carbocycles. The molecule has 102 valence electrons. The molecule has 2 heteroatoms. The van der Waals surface area contributed by atoms with Gasteiger partial charge in [0.15, 0.2) is 0 Å². The summed E-state index contributed by atoms with van der Waals surface area (Å²) >= 11 is 0. The van der Waals surface area contributed by atoms with E-state index in [-0.39, 0.29) is 0 Å². The van der Waals surface area contributed by atoms with Gasteiger partial charge in [0.1, 0.15) is 0 Å². The van der Waals surface area contributed by atoms with Crippen molar-refractivity contribution in [3.8, 4) is 0 Å². The Morgan fingerprint density at radius 3 is 2.53 bits per heavy atom. The van der Waals surface area contributed by atoms with E-state index in [2.05, 4.69) is 19.2 Å². The highest BCUT2D eigenvalue weighted by atomic mass is 16.5. The first-order valence-corrected chi connectivity index (χ1v) is 7.68. The van der Waals surface area contributed by atoms with Crippen LogP contribution < -0.4 is 5.32 Å². The third-order valence-corrected chi connectivity index (χ3v) is 3.86. The van der Waals surface area contributed by atoms with Gasteiger partial charge in [-0.05, 0) is 38.1 Å². The molecule has 1 rings (SSSR count). The van der Waals surface area contributed by atoms with Crippen LogP contribution in [0.2, 0.25) is 0 Å². The van der Waals surface area contributed by atoms with Crippen molar-refractivity contribution in [3.05, 3.63) is 0 Å². The first-order valence-electron chi connectivity index (χ1n) is 7.68. The van der Waals surface area contributed by atoms with E-state index in [0.717, 1.165) is 31.7 Å². The second kappa shape index (κ2) is 9.90. The van der Waals surface area contributed by atoms with E-state index in [9.17, 15) is 0 Å². The van der Waals surface area contributed by atoms with Gasteiger partial charge in [0, 0.05) is 19.3 Å². The Labute approximate surface area is 108 Å². The fourth-order valence-corrected chi connectivity index (χ4v) is 2.79. The second-order valence-corrected chi connectivity index (χ2v) is 5.40. The first kappa shape index (κ1) is 15.0. The van der Waals surface area contributed by atoms with Crippen LogP contribution in [0.3, 0.4) is 0 Å². The lowest BCUT2D eigenvalue weighted by Gasteiger charge is -2.27. The monoisotopic (exact) mass is 241 g/mol. The Bertz CT molecular complexity index is 166. The van der Waals surface area contributed by atoms with Crippen LogP contribution in [-0.4, -0.2) is 25.8 Å². The van der Waals surface area contributed by atoms with Crippen molar-refractivity contribution in [2.24, 2.45) is 5.92 Å². The number of rotatable bonds is 9. The molecule has 0 saturated carbocycles. The van der Waals surface area contributed by atoms with Crippen LogP contribution in [0.1, 0.15) is 65.2 Å². The van der Waals surface area contributed by atoms with Gasteiger partial charge in [-0.25, -0.2) is 0 Å². The lowest BCUT2D eigenvalue weighted by atomic mass is 9.90. The Morgan fingerprint density at radius 1 is 1.12 bits per heavy atom. The minimum absolute atomic E-state index is 0.750. The third kappa shape index (κ3) is 7.05. The van der Waals surface area contributed by atoms with Crippen molar-refractivity contribution in [3.63, 3.8) is 0 Å². The molecule has 1 heterocycles. The standard InChI is InChI=1S/C15H31NO/c1-3-5-6-7-8-15(16-4-2)13-14-9-11-17-12-10-14/h14-16H,3-13H2,1-2H3. The summed E-state index contributed by atoms with van der Waals surface area (Å²) in [7, 11) is 0. The maximum atomic E-state index is 5.43. The van der Waals surface area contributed by atoms with Gasteiger partial charge < -0.3 is 10.1 Å². The highest BCUT2D eigenvalue weighted by molar-refractivity contribution is 4.73. The molecule has 0 spiro atoms. The number of hydrogen-bond acceptors (Lipinski definition) is 2. The van der Waals surface area contributed by atoms with Crippen molar-refractivity contribution in [2.75, 3.05) is 19.8 Å². The molecule has 1 N–H and O–H groups in total. The van der Waals surface area contributed by atoms with Crippen molar-refractivity contribution in [1.82, 2.24) is 5.32 Å². The van der Waals surface area contributed by atoms with Crippen molar-refractivity contribution < 1.29 is 4.74 Å². The number of ether oxygens (including phenoxy) is 1. The summed E-state index contributed by atoms with van der Waals surface area (Å²) in [5.41, 5.74) is 0. The molecule has 1 unspecified atom stereocenters. The SMILES string of the molecule is CCCCCCC(CC1CCOCC1)NCC. The molecule has 2 nitrogen and oxygen atoms in total. The summed E-state index contributed by atoms with van der Waals surface area (Å²) in [5, 5.41) is 3.67. The maximum absolute atomic E-state index is 5.43. The van der Waals surface area contributed by atoms with E-state index >= 15 is 0 Å². The number of hydrogen-bond donors (Lipinski definition) is 1. The summed E-state index contributed by atoms with van der Waals surface area (Å²) in [6, 6.07) is 0.750. The largest absolute Gasteiger partial charge is 0.381 e. The molecule has 0 radical (unpaired) electrons. The molecule has 1 saturated heterocycles. The average Bonchev–Trinajstić information content (AvgIpc) is 2.36. The molecule has 0 amide bonds. The summed E-state index contributed by atoms with van der Waals surface area (Å²) in [6.45, 7) is 7.59.